The van der Waals surface area contributed by atoms with E-state index in [9.17, 15) is 4.79 Å². The minimum atomic E-state index is 0.117. The molecule has 27 heavy (non-hydrogen) atoms. The number of benzene rings is 3. The van der Waals surface area contributed by atoms with Crippen LogP contribution in [0.1, 0.15) is 32.6 Å². The van der Waals surface area contributed by atoms with Gasteiger partial charge in [0.15, 0.2) is 5.78 Å². The number of aryl methyl sites for hydroxylation is 3. The third kappa shape index (κ3) is 2.26. The Bertz CT molecular complexity index is 1250. The first-order valence-corrected chi connectivity index (χ1v) is 9.19. The van der Waals surface area contributed by atoms with Gasteiger partial charge in [-0.3, -0.25) is 9.78 Å². The van der Waals surface area contributed by atoms with Gasteiger partial charge < -0.3 is 0 Å². The fourth-order valence-electron chi connectivity index (χ4n) is 4.40. The number of fused-ring (bicyclic) bond motifs is 5. The van der Waals surface area contributed by atoms with E-state index in [1.165, 1.54) is 11.1 Å². The van der Waals surface area contributed by atoms with Gasteiger partial charge in [-0.25, -0.2) is 0 Å². The van der Waals surface area contributed by atoms with Gasteiger partial charge in [-0.05, 0) is 61.0 Å². The van der Waals surface area contributed by atoms with Crippen LogP contribution in [0.5, 0.6) is 0 Å². The zero-order valence-corrected chi connectivity index (χ0v) is 15.6. The molecule has 3 aromatic carbocycles. The number of aromatic nitrogens is 1. The first-order chi connectivity index (χ1) is 13.0. The van der Waals surface area contributed by atoms with Crippen molar-refractivity contribution in [2.75, 3.05) is 0 Å². The number of hydrogen-bond acceptors (Lipinski definition) is 2. The van der Waals surface area contributed by atoms with E-state index < -0.39 is 0 Å². The van der Waals surface area contributed by atoms with E-state index in [2.05, 4.69) is 62.2 Å². The van der Waals surface area contributed by atoms with Crippen molar-refractivity contribution in [2.24, 2.45) is 0 Å². The normalized spacial score (nSPS) is 12.3. The van der Waals surface area contributed by atoms with Crippen molar-refractivity contribution in [1.29, 1.82) is 0 Å². The van der Waals surface area contributed by atoms with Gasteiger partial charge in [0.25, 0.3) is 0 Å². The van der Waals surface area contributed by atoms with Crippen LogP contribution < -0.4 is 0 Å². The van der Waals surface area contributed by atoms with Gasteiger partial charge >= 0.3 is 0 Å². The first-order valence-electron chi connectivity index (χ1n) is 9.19. The number of ketones is 1. The van der Waals surface area contributed by atoms with Crippen LogP contribution in [-0.2, 0) is 0 Å². The molecule has 1 heterocycles. The second kappa shape index (κ2) is 5.62. The van der Waals surface area contributed by atoms with Crippen LogP contribution in [0.25, 0.3) is 33.2 Å². The van der Waals surface area contributed by atoms with Crippen LogP contribution >= 0.6 is 0 Å². The molecule has 2 heteroatoms. The lowest BCUT2D eigenvalue weighted by Gasteiger charge is -2.11. The summed E-state index contributed by atoms with van der Waals surface area (Å²) in [4.78, 5) is 17.9. The fraction of sp³-hybridized carbons (Fsp3) is 0.120. The number of pyridine rings is 1. The van der Waals surface area contributed by atoms with E-state index in [4.69, 9.17) is 0 Å². The predicted octanol–water partition coefficient (Wildman–Crippen LogP) is 6.04. The molecule has 0 aliphatic heterocycles. The molecule has 2 nitrogen and oxygen atoms in total. The van der Waals surface area contributed by atoms with Gasteiger partial charge in [-0.15, -0.1) is 0 Å². The molecule has 0 bridgehead atoms. The molecule has 4 aromatic rings. The highest BCUT2D eigenvalue weighted by Crippen LogP contribution is 2.43. The molecule has 0 unspecified atom stereocenters. The number of carbonyl (C=O) groups is 1. The molecule has 0 amide bonds. The molecule has 0 radical (unpaired) electrons. The standard InChI is InChI=1S/C25H19NO/c1-14-11-15(2)13-17(12-14)24-19-7-8-20-22-16(3)5-4-6-21(22)25(27)23(20)18(19)9-10-26-24/h4-13H,1-3H3. The number of nitrogens with zero attached hydrogens (tertiary/aromatic N) is 1. The summed E-state index contributed by atoms with van der Waals surface area (Å²) in [7, 11) is 0. The zero-order chi connectivity index (χ0) is 18.7. The molecule has 0 spiro atoms. The summed E-state index contributed by atoms with van der Waals surface area (Å²) in [6.45, 7) is 6.27. The van der Waals surface area contributed by atoms with Crippen molar-refractivity contribution in [1.82, 2.24) is 4.98 Å². The summed E-state index contributed by atoms with van der Waals surface area (Å²) in [6, 6.07) is 18.6. The lowest BCUT2D eigenvalue weighted by Crippen LogP contribution is -1.97. The summed E-state index contributed by atoms with van der Waals surface area (Å²) in [5.41, 5.74) is 9.32. The maximum Gasteiger partial charge on any atom is 0.194 e. The van der Waals surface area contributed by atoms with E-state index in [-0.39, 0.29) is 5.78 Å². The molecule has 130 valence electrons. The van der Waals surface area contributed by atoms with Crippen molar-refractivity contribution in [3.63, 3.8) is 0 Å². The minimum absolute atomic E-state index is 0.117. The maximum atomic E-state index is 13.2. The average Bonchev–Trinajstić information content (AvgIpc) is 2.94. The topological polar surface area (TPSA) is 30.0 Å². The Kier molecular flexibility index (Phi) is 3.32. The quantitative estimate of drug-likeness (QED) is 0.369. The van der Waals surface area contributed by atoms with Gasteiger partial charge in [0, 0.05) is 28.3 Å². The van der Waals surface area contributed by atoms with Gasteiger partial charge in [0.1, 0.15) is 0 Å². The molecule has 0 fully saturated rings. The monoisotopic (exact) mass is 349 g/mol. The summed E-state index contributed by atoms with van der Waals surface area (Å²) in [5.74, 6) is 0.117. The van der Waals surface area contributed by atoms with Crippen LogP contribution in [0.2, 0.25) is 0 Å². The van der Waals surface area contributed by atoms with Crippen LogP contribution in [-0.4, -0.2) is 10.8 Å². The van der Waals surface area contributed by atoms with Gasteiger partial charge in [0.2, 0.25) is 0 Å². The van der Waals surface area contributed by atoms with E-state index in [0.717, 1.165) is 49.8 Å². The first kappa shape index (κ1) is 16.0. The van der Waals surface area contributed by atoms with Crippen molar-refractivity contribution in [3.05, 3.63) is 88.6 Å². The smallest absolute Gasteiger partial charge is 0.194 e. The maximum absolute atomic E-state index is 13.2. The van der Waals surface area contributed by atoms with Gasteiger partial charge in [0.05, 0.1) is 5.69 Å². The number of rotatable bonds is 1. The summed E-state index contributed by atoms with van der Waals surface area (Å²) in [5, 5.41) is 2.01. The highest BCUT2D eigenvalue weighted by molar-refractivity contribution is 6.28. The third-order valence-electron chi connectivity index (χ3n) is 5.45. The van der Waals surface area contributed by atoms with Gasteiger partial charge in [-0.2, -0.15) is 0 Å². The Morgan fingerprint density at radius 2 is 1.52 bits per heavy atom. The highest BCUT2D eigenvalue weighted by Gasteiger charge is 2.30. The van der Waals surface area contributed by atoms with Crippen molar-refractivity contribution >= 4 is 16.6 Å². The van der Waals surface area contributed by atoms with Crippen LogP contribution in [0, 0.1) is 20.8 Å². The second-order valence-corrected chi connectivity index (χ2v) is 7.45. The number of carbonyl (C=O) groups excluding carboxylic acids is 1. The Hall–Kier alpha value is -3.26. The SMILES string of the molecule is Cc1cc(C)cc(-c2nccc3c4c(ccc23)-c2c(C)cccc2C4=O)c1. The van der Waals surface area contributed by atoms with E-state index in [1.807, 2.05) is 24.4 Å². The number of hydrogen-bond donors (Lipinski definition) is 0. The fourth-order valence-corrected chi connectivity index (χ4v) is 4.40. The lowest BCUT2D eigenvalue weighted by atomic mass is 9.94. The summed E-state index contributed by atoms with van der Waals surface area (Å²) >= 11 is 0. The zero-order valence-electron chi connectivity index (χ0n) is 15.6. The molecule has 0 N–H and O–H groups in total. The van der Waals surface area contributed by atoms with Crippen LogP contribution in [0.15, 0.2) is 60.8 Å². The Balaban J connectivity index is 1.83. The second-order valence-electron chi connectivity index (χ2n) is 7.45. The molecule has 0 atom stereocenters. The van der Waals surface area contributed by atoms with Crippen LogP contribution in [0.4, 0.5) is 0 Å². The minimum Gasteiger partial charge on any atom is -0.289 e. The molecule has 1 aliphatic carbocycles. The van der Waals surface area contributed by atoms with E-state index in [0.29, 0.717) is 0 Å². The van der Waals surface area contributed by atoms with Crippen LogP contribution in [0.3, 0.4) is 0 Å². The van der Waals surface area contributed by atoms with Gasteiger partial charge in [-0.1, -0.05) is 47.5 Å². The molecule has 0 saturated heterocycles. The molecule has 5 rings (SSSR count). The Morgan fingerprint density at radius 3 is 2.30 bits per heavy atom. The van der Waals surface area contributed by atoms with E-state index in [1.54, 1.807) is 0 Å². The predicted molar refractivity (Wildman–Crippen MR) is 110 cm³/mol. The average molecular weight is 349 g/mol. The molecule has 1 aromatic heterocycles. The molecular weight excluding hydrogens is 330 g/mol. The summed E-state index contributed by atoms with van der Waals surface area (Å²) < 4.78 is 0. The van der Waals surface area contributed by atoms with Crippen molar-refractivity contribution < 1.29 is 4.79 Å². The lowest BCUT2D eigenvalue weighted by molar-refractivity contribution is 0.104. The molecule has 1 aliphatic rings. The Labute approximate surface area is 158 Å². The molecule has 0 saturated carbocycles. The van der Waals surface area contributed by atoms with E-state index >= 15 is 0 Å². The Morgan fingerprint density at radius 1 is 0.741 bits per heavy atom. The van der Waals surface area contributed by atoms with Crippen molar-refractivity contribution in [2.45, 2.75) is 20.8 Å². The van der Waals surface area contributed by atoms with Crippen molar-refractivity contribution in [3.8, 4) is 22.4 Å². The highest BCUT2D eigenvalue weighted by atomic mass is 16.1. The largest absolute Gasteiger partial charge is 0.289 e. The molecular formula is C25H19NO. The summed E-state index contributed by atoms with van der Waals surface area (Å²) in [6.07, 6.45) is 1.82. The third-order valence-corrected chi connectivity index (χ3v) is 5.45.